The summed E-state index contributed by atoms with van der Waals surface area (Å²) >= 11 is 0. The van der Waals surface area contributed by atoms with Gasteiger partial charge < -0.3 is 14.8 Å². The molecule has 4 rings (SSSR count). The summed E-state index contributed by atoms with van der Waals surface area (Å²) in [5, 5.41) is 0.624. The predicted molar refractivity (Wildman–Crippen MR) is 96.8 cm³/mol. The van der Waals surface area contributed by atoms with Crippen molar-refractivity contribution in [3.63, 3.8) is 0 Å². The van der Waals surface area contributed by atoms with Crippen molar-refractivity contribution in [3.05, 3.63) is 65.9 Å². The van der Waals surface area contributed by atoms with E-state index in [2.05, 4.69) is 4.98 Å². The van der Waals surface area contributed by atoms with Crippen LogP contribution in [0.3, 0.4) is 0 Å². The lowest BCUT2D eigenvalue weighted by molar-refractivity contribution is -0.892. The number of benzene rings is 2. The minimum atomic E-state index is -0.350. The first-order valence-corrected chi connectivity index (χ1v) is 8.75. The van der Waals surface area contributed by atoms with Crippen molar-refractivity contribution in [3.8, 4) is 0 Å². The molecule has 3 aromatic rings. The highest BCUT2D eigenvalue weighted by molar-refractivity contribution is 6.08. The molecule has 0 aliphatic carbocycles. The van der Waals surface area contributed by atoms with Crippen LogP contribution in [0.5, 0.6) is 0 Å². The van der Waals surface area contributed by atoms with Gasteiger partial charge in [0.25, 0.3) is 0 Å². The summed E-state index contributed by atoms with van der Waals surface area (Å²) < 4.78 is 27.4. The van der Waals surface area contributed by atoms with E-state index < -0.39 is 0 Å². The molecule has 1 aliphatic rings. The number of hydrogen-bond acceptors (Lipinski definition) is 2. The summed E-state index contributed by atoms with van der Waals surface area (Å²) in [6.07, 6.45) is 1.65. The van der Waals surface area contributed by atoms with Crippen molar-refractivity contribution in [2.24, 2.45) is 0 Å². The number of nitrogens with one attached hydrogen (secondary N) is 2. The quantitative estimate of drug-likeness (QED) is 0.703. The van der Waals surface area contributed by atoms with Crippen LogP contribution in [0.15, 0.2) is 48.7 Å². The van der Waals surface area contributed by atoms with Crippen molar-refractivity contribution in [2.45, 2.75) is 0 Å². The van der Waals surface area contributed by atoms with Crippen LogP contribution in [-0.4, -0.2) is 43.5 Å². The largest absolute Gasteiger partial charge is 0.360 e. The molecule has 4 nitrogen and oxygen atoms in total. The summed E-state index contributed by atoms with van der Waals surface area (Å²) in [6.45, 7) is 3.28. The van der Waals surface area contributed by atoms with Crippen LogP contribution < -0.4 is 9.80 Å². The first kappa shape index (κ1) is 16.7. The zero-order valence-electron chi connectivity index (χ0n) is 14.3. The molecule has 0 atom stereocenters. The van der Waals surface area contributed by atoms with Crippen LogP contribution in [0.25, 0.3) is 10.9 Å². The summed E-state index contributed by atoms with van der Waals surface area (Å²) in [6, 6.07) is 11.2. The van der Waals surface area contributed by atoms with Gasteiger partial charge in [-0.3, -0.25) is 4.79 Å². The fourth-order valence-electron chi connectivity index (χ4n) is 3.59. The summed E-state index contributed by atoms with van der Waals surface area (Å²) in [7, 11) is 0. The Labute approximate surface area is 150 Å². The summed E-state index contributed by atoms with van der Waals surface area (Å²) in [4.78, 5) is 18.9. The van der Waals surface area contributed by atoms with Crippen LogP contribution >= 0.6 is 0 Å². The lowest BCUT2D eigenvalue weighted by Crippen LogP contribution is -3.15. The van der Waals surface area contributed by atoms with Gasteiger partial charge in [0.05, 0.1) is 31.9 Å². The van der Waals surface area contributed by atoms with E-state index in [9.17, 15) is 13.6 Å². The van der Waals surface area contributed by atoms with Crippen LogP contribution in [0.2, 0.25) is 0 Å². The van der Waals surface area contributed by atoms with E-state index in [1.54, 1.807) is 24.4 Å². The minimum absolute atomic E-state index is 0.00353. The molecule has 6 heteroatoms. The fraction of sp³-hybridized carbons (Fsp3) is 0.250. The minimum Gasteiger partial charge on any atom is -0.360 e. The molecule has 0 bridgehead atoms. The molecule has 2 aromatic carbocycles. The number of rotatable bonds is 4. The number of fused-ring (bicyclic) bond motifs is 1. The highest BCUT2D eigenvalue weighted by Crippen LogP contribution is 2.20. The van der Waals surface area contributed by atoms with Gasteiger partial charge in [-0.15, -0.1) is 0 Å². The molecule has 0 saturated carbocycles. The Hall–Kier alpha value is -2.73. The van der Waals surface area contributed by atoms with E-state index >= 15 is 0 Å². The van der Waals surface area contributed by atoms with Gasteiger partial charge in [0, 0.05) is 22.7 Å². The average molecular weight is 356 g/mol. The SMILES string of the molecule is O=C(C[NH+]1CCN(c2ccccc2F)CC1)c1c[nH]c2ccc(F)cc12. The molecule has 0 amide bonds. The third-order valence-electron chi connectivity index (χ3n) is 5.02. The van der Waals surface area contributed by atoms with Crippen LogP contribution in [-0.2, 0) is 0 Å². The van der Waals surface area contributed by atoms with Crippen LogP contribution in [0.1, 0.15) is 10.4 Å². The molecule has 1 saturated heterocycles. The van der Waals surface area contributed by atoms with Crippen molar-refractivity contribution in [1.29, 1.82) is 0 Å². The fourth-order valence-corrected chi connectivity index (χ4v) is 3.59. The molecule has 2 N–H and O–H groups in total. The number of quaternary nitrogens is 1. The molecule has 0 unspecified atom stereocenters. The molecule has 1 aliphatic heterocycles. The van der Waals surface area contributed by atoms with Gasteiger partial charge in [-0.1, -0.05) is 12.1 Å². The maximum atomic E-state index is 13.9. The Morgan fingerprint density at radius 3 is 2.65 bits per heavy atom. The summed E-state index contributed by atoms with van der Waals surface area (Å²) in [5.41, 5.74) is 1.91. The zero-order valence-corrected chi connectivity index (χ0v) is 14.3. The van der Waals surface area contributed by atoms with E-state index in [0.717, 1.165) is 23.5 Å². The number of ketones is 1. The van der Waals surface area contributed by atoms with Crippen molar-refractivity contribution >= 4 is 22.4 Å². The molecule has 2 heterocycles. The Kier molecular flexibility index (Phi) is 4.42. The third kappa shape index (κ3) is 3.20. The van der Waals surface area contributed by atoms with E-state index in [1.807, 2.05) is 11.0 Å². The second kappa shape index (κ2) is 6.88. The number of H-pyrrole nitrogens is 1. The Morgan fingerprint density at radius 1 is 1.12 bits per heavy atom. The predicted octanol–water partition coefficient (Wildman–Crippen LogP) is 2.03. The van der Waals surface area contributed by atoms with Gasteiger partial charge in [0.15, 0.2) is 0 Å². The molecule has 26 heavy (non-hydrogen) atoms. The Balaban J connectivity index is 1.42. The number of aromatic amines is 1. The van der Waals surface area contributed by atoms with E-state index in [4.69, 9.17) is 0 Å². The van der Waals surface area contributed by atoms with Crippen LogP contribution in [0.4, 0.5) is 14.5 Å². The van der Waals surface area contributed by atoms with Crippen LogP contribution in [0, 0.1) is 11.6 Å². The van der Waals surface area contributed by atoms with Gasteiger partial charge in [0.1, 0.15) is 18.2 Å². The number of Topliss-reactive ketones (excluding diaryl/α,β-unsaturated/α-hetero) is 1. The first-order valence-electron chi connectivity index (χ1n) is 8.75. The number of hydrogen-bond donors (Lipinski definition) is 2. The number of nitrogens with zero attached hydrogens (tertiary/aromatic N) is 1. The molecule has 0 radical (unpaired) electrons. The highest BCUT2D eigenvalue weighted by Gasteiger charge is 2.25. The van der Waals surface area contributed by atoms with Gasteiger partial charge in [-0.25, -0.2) is 8.78 Å². The second-order valence-corrected chi connectivity index (χ2v) is 6.68. The zero-order chi connectivity index (χ0) is 18.1. The first-order chi connectivity index (χ1) is 12.6. The number of piperazine rings is 1. The average Bonchev–Trinajstić information content (AvgIpc) is 3.06. The van der Waals surface area contributed by atoms with Crippen molar-refractivity contribution < 1.29 is 18.5 Å². The van der Waals surface area contributed by atoms with Crippen molar-refractivity contribution in [2.75, 3.05) is 37.6 Å². The standard InChI is InChI=1S/C20H19F2N3O/c21-14-5-6-18-15(11-14)16(12-23-18)20(26)13-24-7-9-25(10-8-24)19-4-2-1-3-17(19)22/h1-6,11-12,23H,7-10,13H2/p+1. The number of para-hydroxylation sites is 1. The molecule has 0 spiro atoms. The Morgan fingerprint density at radius 2 is 1.88 bits per heavy atom. The molecule has 1 aromatic heterocycles. The lowest BCUT2D eigenvalue weighted by atomic mass is 10.1. The number of carbonyl (C=O) groups is 1. The van der Waals surface area contributed by atoms with Crippen molar-refractivity contribution in [1.82, 2.24) is 4.98 Å². The Bertz CT molecular complexity index is 945. The third-order valence-corrected chi connectivity index (χ3v) is 5.02. The second-order valence-electron chi connectivity index (χ2n) is 6.68. The monoisotopic (exact) mass is 356 g/mol. The topological polar surface area (TPSA) is 40.5 Å². The van der Waals surface area contributed by atoms with Gasteiger partial charge >= 0.3 is 0 Å². The lowest BCUT2D eigenvalue weighted by Gasteiger charge is -2.33. The normalized spacial score (nSPS) is 15.5. The van der Waals surface area contributed by atoms with E-state index in [1.165, 1.54) is 18.2 Å². The maximum Gasteiger partial charge on any atom is 0.219 e. The van der Waals surface area contributed by atoms with E-state index in [-0.39, 0.29) is 17.4 Å². The number of anilines is 1. The number of carbonyl (C=O) groups excluding carboxylic acids is 1. The van der Waals surface area contributed by atoms with Gasteiger partial charge in [-0.05, 0) is 30.3 Å². The molecular weight excluding hydrogens is 336 g/mol. The smallest absolute Gasteiger partial charge is 0.219 e. The van der Waals surface area contributed by atoms with Gasteiger partial charge in [0.2, 0.25) is 5.78 Å². The summed E-state index contributed by atoms with van der Waals surface area (Å²) in [5.74, 6) is -0.568. The number of halogens is 2. The number of aromatic nitrogens is 1. The highest BCUT2D eigenvalue weighted by atomic mass is 19.1. The van der Waals surface area contributed by atoms with E-state index in [0.29, 0.717) is 36.3 Å². The molecule has 1 fully saturated rings. The van der Waals surface area contributed by atoms with Gasteiger partial charge in [-0.2, -0.15) is 0 Å². The molecule has 134 valence electrons. The maximum absolute atomic E-state index is 13.9. The molecular formula is C20H20F2N3O+.